The average Bonchev–Trinajstić information content (AvgIpc) is 2.55. The summed E-state index contributed by atoms with van der Waals surface area (Å²) in [6.07, 6.45) is -0.0414. The Labute approximate surface area is 135 Å². The molecular weight excluding hydrogens is 319 g/mol. The summed E-state index contributed by atoms with van der Waals surface area (Å²) < 4.78 is 12.8. The van der Waals surface area contributed by atoms with Crippen LogP contribution in [0.1, 0.15) is 15.9 Å². The van der Waals surface area contributed by atoms with Crippen LogP contribution in [0.5, 0.6) is 0 Å². The third-order valence-corrected chi connectivity index (χ3v) is 3.30. The number of carbonyl (C=O) groups is 2. The van der Waals surface area contributed by atoms with Crippen molar-refractivity contribution in [2.45, 2.75) is 12.5 Å². The quantitative estimate of drug-likeness (QED) is 0.622. The Bertz CT molecular complexity index is 759. The molecule has 0 bridgehead atoms. The molecule has 24 heavy (non-hydrogen) atoms. The number of benzene rings is 2. The molecule has 0 aliphatic heterocycles. The number of halogens is 1. The Morgan fingerprint density at radius 2 is 1.71 bits per heavy atom. The normalized spacial score (nSPS) is 11.5. The Hall–Kier alpha value is -3.29. The highest BCUT2D eigenvalue weighted by Crippen LogP contribution is 2.13. The second-order valence-electron chi connectivity index (χ2n) is 5.00. The van der Waals surface area contributed by atoms with E-state index >= 15 is 0 Å². The Morgan fingerprint density at radius 1 is 1.12 bits per heavy atom. The number of non-ortho nitro benzene ring substituents is 1. The molecule has 2 rings (SSSR count). The second-order valence-corrected chi connectivity index (χ2v) is 5.00. The number of carboxylic acid groups (broad SMARTS) is 1. The summed E-state index contributed by atoms with van der Waals surface area (Å²) in [5.74, 6) is -2.40. The van der Waals surface area contributed by atoms with Gasteiger partial charge in [-0.05, 0) is 29.8 Å². The van der Waals surface area contributed by atoms with Crippen molar-refractivity contribution in [3.8, 4) is 0 Å². The number of hydrogen-bond acceptors (Lipinski definition) is 4. The van der Waals surface area contributed by atoms with Crippen LogP contribution in [0.4, 0.5) is 10.1 Å². The van der Waals surface area contributed by atoms with Crippen LogP contribution in [-0.4, -0.2) is 27.9 Å². The maximum atomic E-state index is 12.8. The fourth-order valence-corrected chi connectivity index (χ4v) is 2.03. The molecule has 0 aliphatic rings. The van der Waals surface area contributed by atoms with Crippen LogP contribution >= 0.6 is 0 Å². The van der Waals surface area contributed by atoms with Gasteiger partial charge in [-0.3, -0.25) is 14.9 Å². The molecule has 1 amide bonds. The van der Waals surface area contributed by atoms with Gasteiger partial charge < -0.3 is 10.4 Å². The first-order valence-electron chi connectivity index (χ1n) is 6.89. The molecule has 7 nitrogen and oxygen atoms in total. The zero-order chi connectivity index (χ0) is 17.7. The molecule has 0 saturated heterocycles. The first kappa shape index (κ1) is 17.1. The molecule has 0 aromatic heterocycles. The number of nitrogens with zero attached hydrogens (tertiary/aromatic N) is 1. The molecule has 2 N–H and O–H groups in total. The van der Waals surface area contributed by atoms with Crippen molar-refractivity contribution >= 4 is 17.6 Å². The largest absolute Gasteiger partial charge is 0.480 e. The number of amides is 1. The van der Waals surface area contributed by atoms with Crippen molar-refractivity contribution in [2.24, 2.45) is 0 Å². The molecule has 0 heterocycles. The van der Waals surface area contributed by atoms with Crippen LogP contribution in [-0.2, 0) is 11.2 Å². The van der Waals surface area contributed by atoms with E-state index in [9.17, 15) is 29.2 Å². The zero-order valence-electron chi connectivity index (χ0n) is 12.3. The van der Waals surface area contributed by atoms with E-state index in [4.69, 9.17) is 0 Å². The minimum Gasteiger partial charge on any atom is -0.480 e. The van der Waals surface area contributed by atoms with E-state index in [1.165, 1.54) is 36.4 Å². The maximum absolute atomic E-state index is 12.8. The average molecular weight is 332 g/mol. The molecule has 0 spiro atoms. The summed E-state index contributed by atoms with van der Waals surface area (Å²) in [4.78, 5) is 33.4. The lowest BCUT2D eigenvalue weighted by atomic mass is 10.0. The fraction of sp³-hybridized carbons (Fsp3) is 0.125. The molecule has 0 aliphatic carbocycles. The van der Waals surface area contributed by atoms with Gasteiger partial charge in [-0.2, -0.15) is 0 Å². The number of nitro groups is 1. The van der Waals surface area contributed by atoms with Gasteiger partial charge in [-0.15, -0.1) is 0 Å². The van der Waals surface area contributed by atoms with Crippen molar-refractivity contribution in [3.05, 3.63) is 75.6 Å². The first-order chi connectivity index (χ1) is 11.4. The van der Waals surface area contributed by atoms with Crippen LogP contribution in [0.25, 0.3) is 0 Å². The Balaban J connectivity index is 2.09. The lowest BCUT2D eigenvalue weighted by Crippen LogP contribution is -2.42. The summed E-state index contributed by atoms with van der Waals surface area (Å²) in [7, 11) is 0. The highest BCUT2D eigenvalue weighted by molar-refractivity contribution is 5.96. The molecule has 1 atom stereocenters. The monoisotopic (exact) mass is 332 g/mol. The van der Waals surface area contributed by atoms with Crippen LogP contribution in [0.2, 0.25) is 0 Å². The van der Waals surface area contributed by atoms with Gasteiger partial charge in [0.2, 0.25) is 0 Å². The van der Waals surface area contributed by atoms with E-state index in [-0.39, 0.29) is 17.7 Å². The molecule has 0 saturated carbocycles. The number of rotatable bonds is 6. The standard InChI is InChI=1S/C16H13FN2O5/c17-12-5-3-11(4-6-12)15(20)18-14(16(21)22)9-10-1-7-13(8-2-10)19(23)24/h1-8,14H,9H2,(H,18,20)(H,21,22)/t14-/m0/s1. The SMILES string of the molecule is O=C(N[C@@H](Cc1ccc([N+](=O)[O-])cc1)C(=O)O)c1ccc(F)cc1. The topological polar surface area (TPSA) is 110 Å². The van der Waals surface area contributed by atoms with Crippen molar-refractivity contribution in [3.63, 3.8) is 0 Å². The van der Waals surface area contributed by atoms with Gasteiger partial charge in [0, 0.05) is 24.1 Å². The van der Waals surface area contributed by atoms with Gasteiger partial charge in [0.25, 0.3) is 11.6 Å². The predicted octanol–water partition coefficient (Wildman–Crippen LogP) is 2.16. The molecule has 8 heteroatoms. The van der Waals surface area contributed by atoms with Crippen molar-refractivity contribution in [2.75, 3.05) is 0 Å². The van der Waals surface area contributed by atoms with Gasteiger partial charge in [0.1, 0.15) is 11.9 Å². The number of hydrogen-bond donors (Lipinski definition) is 2. The summed E-state index contributed by atoms with van der Waals surface area (Å²) >= 11 is 0. The van der Waals surface area contributed by atoms with E-state index in [0.29, 0.717) is 5.56 Å². The highest BCUT2D eigenvalue weighted by atomic mass is 19.1. The summed E-state index contributed by atoms with van der Waals surface area (Å²) in [5.41, 5.74) is 0.541. The van der Waals surface area contributed by atoms with Crippen molar-refractivity contribution in [1.29, 1.82) is 0 Å². The molecule has 2 aromatic rings. The van der Waals surface area contributed by atoms with Crippen LogP contribution in [0.15, 0.2) is 48.5 Å². The number of carboxylic acids is 1. The summed E-state index contributed by atoms with van der Waals surface area (Å²) in [6, 6.07) is 8.85. The zero-order valence-corrected chi connectivity index (χ0v) is 12.3. The van der Waals surface area contributed by atoms with Gasteiger partial charge >= 0.3 is 5.97 Å². The van der Waals surface area contributed by atoms with E-state index < -0.39 is 28.7 Å². The lowest BCUT2D eigenvalue weighted by molar-refractivity contribution is -0.384. The van der Waals surface area contributed by atoms with Gasteiger partial charge in [0.15, 0.2) is 0 Å². The molecule has 124 valence electrons. The third kappa shape index (κ3) is 4.35. The third-order valence-electron chi connectivity index (χ3n) is 3.30. The summed E-state index contributed by atoms with van der Waals surface area (Å²) in [6.45, 7) is 0. The number of carbonyl (C=O) groups excluding carboxylic acids is 1. The second kappa shape index (κ2) is 7.32. The van der Waals surface area contributed by atoms with Crippen LogP contribution in [0, 0.1) is 15.9 Å². The van der Waals surface area contributed by atoms with E-state index in [0.717, 1.165) is 12.1 Å². The Kier molecular flexibility index (Phi) is 5.20. The predicted molar refractivity (Wildman–Crippen MR) is 82.1 cm³/mol. The maximum Gasteiger partial charge on any atom is 0.326 e. The molecule has 0 radical (unpaired) electrons. The van der Waals surface area contributed by atoms with E-state index in [1.807, 2.05) is 0 Å². The smallest absolute Gasteiger partial charge is 0.326 e. The van der Waals surface area contributed by atoms with Crippen LogP contribution in [0.3, 0.4) is 0 Å². The number of aliphatic carboxylic acids is 1. The van der Waals surface area contributed by atoms with E-state index in [2.05, 4.69) is 5.32 Å². The molecular formula is C16H13FN2O5. The molecule has 0 fully saturated rings. The minimum absolute atomic E-state index is 0.0414. The van der Waals surface area contributed by atoms with Gasteiger partial charge in [0.05, 0.1) is 4.92 Å². The van der Waals surface area contributed by atoms with E-state index in [1.54, 1.807) is 0 Å². The van der Waals surface area contributed by atoms with Crippen molar-refractivity contribution < 1.29 is 24.0 Å². The number of nitro benzene ring substituents is 1. The fourth-order valence-electron chi connectivity index (χ4n) is 2.03. The molecule has 0 unspecified atom stereocenters. The lowest BCUT2D eigenvalue weighted by Gasteiger charge is -2.14. The van der Waals surface area contributed by atoms with Crippen molar-refractivity contribution in [1.82, 2.24) is 5.32 Å². The van der Waals surface area contributed by atoms with Gasteiger partial charge in [-0.1, -0.05) is 12.1 Å². The molecule has 2 aromatic carbocycles. The summed E-state index contributed by atoms with van der Waals surface area (Å²) in [5, 5.41) is 22.2. The Morgan fingerprint density at radius 3 is 2.21 bits per heavy atom. The highest BCUT2D eigenvalue weighted by Gasteiger charge is 2.21. The number of nitrogens with one attached hydrogen (secondary N) is 1. The first-order valence-corrected chi connectivity index (χ1v) is 6.89. The van der Waals surface area contributed by atoms with Gasteiger partial charge in [-0.25, -0.2) is 9.18 Å². The van der Waals surface area contributed by atoms with Crippen LogP contribution < -0.4 is 5.32 Å². The minimum atomic E-state index is -1.25.